The van der Waals surface area contributed by atoms with E-state index in [1.807, 2.05) is 6.92 Å². The molecule has 1 aliphatic heterocycles. The van der Waals surface area contributed by atoms with Gasteiger partial charge in [0.2, 0.25) is 11.8 Å². The third-order valence-corrected chi connectivity index (χ3v) is 5.98. The summed E-state index contributed by atoms with van der Waals surface area (Å²) < 4.78 is 13.1. The molecule has 0 radical (unpaired) electrons. The Bertz CT molecular complexity index is 949. The van der Waals surface area contributed by atoms with Crippen LogP contribution in [-0.4, -0.2) is 33.7 Å². The lowest BCUT2D eigenvalue weighted by Crippen LogP contribution is -2.45. The molecule has 0 unspecified atom stereocenters. The van der Waals surface area contributed by atoms with Gasteiger partial charge in [-0.05, 0) is 48.9 Å². The van der Waals surface area contributed by atoms with E-state index >= 15 is 0 Å². The van der Waals surface area contributed by atoms with Gasteiger partial charge in [-0.15, -0.1) is 0 Å². The third kappa shape index (κ3) is 5.97. The minimum Gasteiger partial charge on any atom is -0.325 e. The number of carbonyl (C=O) groups excluding carboxylic acids is 2. The summed E-state index contributed by atoms with van der Waals surface area (Å²) in [5.41, 5.74) is 0.965. The number of halogens is 3. The van der Waals surface area contributed by atoms with E-state index in [1.165, 1.54) is 36.0 Å². The standard InChI is InChI=1S/C21H20Cl2FN3O2S/c1-2-3-8-27-19(28)12-18(20(29)25-16-6-4-15(24)5-7-16)30-21(27)26-17-10-13(22)9-14(23)11-17/h4-7,9-11,18H,2-3,8,12H2,1H3,(H,25,29)/t18-/m1/s1. The molecule has 1 heterocycles. The summed E-state index contributed by atoms with van der Waals surface area (Å²) in [5.74, 6) is -0.906. The molecular weight excluding hydrogens is 448 g/mol. The number of benzene rings is 2. The first-order valence-electron chi connectivity index (χ1n) is 9.44. The molecule has 2 aromatic rings. The maximum Gasteiger partial charge on any atom is 0.238 e. The molecule has 0 aliphatic carbocycles. The Labute approximate surface area is 188 Å². The predicted octanol–water partition coefficient (Wildman–Crippen LogP) is 5.89. The molecule has 158 valence electrons. The molecular formula is C21H20Cl2FN3O2S. The summed E-state index contributed by atoms with van der Waals surface area (Å²) in [5, 5.41) is 3.36. The monoisotopic (exact) mass is 467 g/mol. The van der Waals surface area contributed by atoms with E-state index in [1.54, 1.807) is 23.1 Å². The van der Waals surface area contributed by atoms with Gasteiger partial charge in [-0.3, -0.25) is 14.5 Å². The van der Waals surface area contributed by atoms with Crippen molar-refractivity contribution in [2.75, 3.05) is 11.9 Å². The molecule has 9 heteroatoms. The van der Waals surface area contributed by atoms with Crippen LogP contribution < -0.4 is 5.32 Å². The van der Waals surface area contributed by atoms with E-state index in [0.29, 0.717) is 33.1 Å². The zero-order valence-corrected chi connectivity index (χ0v) is 18.5. The first-order valence-corrected chi connectivity index (χ1v) is 11.1. The van der Waals surface area contributed by atoms with Crippen molar-refractivity contribution in [3.05, 3.63) is 58.3 Å². The molecule has 30 heavy (non-hydrogen) atoms. The summed E-state index contributed by atoms with van der Waals surface area (Å²) in [4.78, 5) is 31.7. The van der Waals surface area contributed by atoms with Gasteiger partial charge in [-0.1, -0.05) is 48.3 Å². The van der Waals surface area contributed by atoms with Crippen LogP contribution >= 0.6 is 35.0 Å². The van der Waals surface area contributed by atoms with Crippen LogP contribution in [0.5, 0.6) is 0 Å². The number of anilines is 1. The topological polar surface area (TPSA) is 61.8 Å². The quantitative estimate of drug-likeness (QED) is 0.575. The second-order valence-corrected chi connectivity index (χ2v) is 8.77. The zero-order valence-electron chi connectivity index (χ0n) is 16.2. The molecule has 1 saturated heterocycles. The van der Waals surface area contributed by atoms with Crippen molar-refractivity contribution < 1.29 is 14.0 Å². The van der Waals surface area contributed by atoms with E-state index in [-0.39, 0.29) is 18.2 Å². The van der Waals surface area contributed by atoms with Gasteiger partial charge < -0.3 is 5.32 Å². The van der Waals surface area contributed by atoms with Crippen LogP contribution in [0.3, 0.4) is 0 Å². The number of rotatable bonds is 6. The first-order chi connectivity index (χ1) is 14.4. The molecule has 0 bridgehead atoms. The maximum absolute atomic E-state index is 13.1. The summed E-state index contributed by atoms with van der Waals surface area (Å²) in [6.45, 7) is 2.55. The highest BCUT2D eigenvalue weighted by Gasteiger charge is 2.35. The van der Waals surface area contributed by atoms with Gasteiger partial charge in [0.05, 0.1) is 5.69 Å². The van der Waals surface area contributed by atoms with E-state index in [2.05, 4.69) is 10.3 Å². The molecule has 2 aromatic carbocycles. The Morgan fingerprint density at radius 3 is 2.53 bits per heavy atom. The number of thioether (sulfide) groups is 1. The fraction of sp³-hybridized carbons (Fsp3) is 0.286. The lowest BCUT2D eigenvalue weighted by Gasteiger charge is -2.31. The Balaban J connectivity index is 1.84. The third-order valence-electron chi connectivity index (χ3n) is 4.35. The smallest absolute Gasteiger partial charge is 0.238 e. The van der Waals surface area contributed by atoms with E-state index in [4.69, 9.17) is 23.2 Å². The summed E-state index contributed by atoms with van der Waals surface area (Å²) in [7, 11) is 0. The number of amidine groups is 1. The second-order valence-electron chi connectivity index (χ2n) is 6.73. The second kappa shape index (κ2) is 10.3. The lowest BCUT2D eigenvalue weighted by molar-refractivity contribution is -0.129. The number of amides is 2. The fourth-order valence-electron chi connectivity index (χ4n) is 2.85. The number of aliphatic imine (C=N–C) groups is 1. The van der Waals surface area contributed by atoms with Crippen molar-refractivity contribution in [3.63, 3.8) is 0 Å². The molecule has 3 rings (SSSR count). The highest BCUT2D eigenvalue weighted by molar-refractivity contribution is 8.15. The molecule has 5 nitrogen and oxygen atoms in total. The molecule has 1 aliphatic rings. The van der Waals surface area contributed by atoms with Crippen LogP contribution in [0.2, 0.25) is 10.0 Å². The Morgan fingerprint density at radius 1 is 1.23 bits per heavy atom. The van der Waals surface area contributed by atoms with E-state index in [9.17, 15) is 14.0 Å². The van der Waals surface area contributed by atoms with E-state index in [0.717, 1.165) is 12.8 Å². The minimum atomic E-state index is -0.658. The van der Waals surface area contributed by atoms with Gasteiger partial charge in [0.15, 0.2) is 5.17 Å². The van der Waals surface area contributed by atoms with Crippen LogP contribution in [0.1, 0.15) is 26.2 Å². The van der Waals surface area contributed by atoms with Crippen molar-refractivity contribution in [3.8, 4) is 0 Å². The maximum atomic E-state index is 13.1. The van der Waals surface area contributed by atoms with Gasteiger partial charge in [0, 0.05) is 28.7 Å². The van der Waals surface area contributed by atoms with Crippen LogP contribution in [0.25, 0.3) is 0 Å². The largest absolute Gasteiger partial charge is 0.325 e. The number of nitrogens with one attached hydrogen (secondary N) is 1. The molecule has 0 saturated carbocycles. The van der Waals surface area contributed by atoms with Crippen molar-refractivity contribution in [2.45, 2.75) is 31.4 Å². The molecule has 0 aromatic heterocycles. The molecule has 1 N–H and O–H groups in total. The zero-order chi connectivity index (χ0) is 21.7. The highest BCUT2D eigenvalue weighted by Crippen LogP contribution is 2.32. The summed E-state index contributed by atoms with van der Waals surface area (Å²) >= 11 is 13.3. The number of carbonyl (C=O) groups is 2. The predicted molar refractivity (Wildman–Crippen MR) is 121 cm³/mol. The Morgan fingerprint density at radius 2 is 1.90 bits per heavy atom. The van der Waals surface area contributed by atoms with Crippen molar-refractivity contribution in [1.82, 2.24) is 4.90 Å². The van der Waals surface area contributed by atoms with E-state index < -0.39 is 11.1 Å². The number of nitrogens with zero attached hydrogens (tertiary/aromatic N) is 2. The van der Waals surface area contributed by atoms with Gasteiger partial charge >= 0.3 is 0 Å². The van der Waals surface area contributed by atoms with Gasteiger partial charge in [0.1, 0.15) is 11.1 Å². The van der Waals surface area contributed by atoms with Crippen LogP contribution in [0.15, 0.2) is 47.5 Å². The van der Waals surface area contributed by atoms with Crippen molar-refractivity contribution in [2.24, 2.45) is 4.99 Å². The average molecular weight is 468 g/mol. The minimum absolute atomic E-state index is 0.0523. The van der Waals surface area contributed by atoms with Crippen LogP contribution in [-0.2, 0) is 9.59 Å². The first kappa shape index (κ1) is 22.6. The van der Waals surface area contributed by atoms with Gasteiger partial charge in [-0.2, -0.15) is 0 Å². The number of unbranched alkanes of at least 4 members (excludes halogenated alkanes) is 1. The summed E-state index contributed by atoms with van der Waals surface area (Å²) in [6, 6.07) is 10.4. The lowest BCUT2D eigenvalue weighted by atomic mass is 10.2. The van der Waals surface area contributed by atoms with Gasteiger partial charge in [0.25, 0.3) is 0 Å². The Kier molecular flexibility index (Phi) is 7.75. The molecule has 1 atom stereocenters. The van der Waals surface area contributed by atoms with Crippen LogP contribution in [0, 0.1) is 5.82 Å². The molecule has 0 spiro atoms. The van der Waals surface area contributed by atoms with Gasteiger partial charge in [-0.25, -0.2) is 9.38 Å². The van der Waals surface area contributed by atoms with Crippen molar-refractivity contribution in [1.29, 1.82) is 0 Å². The number of hydrogen-bond donors (Lipinski definition) is 1. The molecule has 2 amide bonds. The Hall–Kier alpha value is -2.09. The highest BCUT2D eigenvalue weighted by atomic mass is 35.5. The molecule has 1 fully saturated rings. The SMILES string of the molecule is CCCCN1C(=O)C[C@H](C(=O)Nc2ccc(F)cc2)SC1=Nc1cc(Cl)cc(Cl)c1. The summed E-state index contributed by atoms with van der Waals surface area (Å²) in [6.07, 6.45) is 1.78. The average Bonchev–Trinajstić information content (AvgIpc) is 2.68. The normalized spacial score (nSPS) is 18.0. The van der Waals surface area contributed by atoms with Crippen LogP contribution in [0.4, 0.5) is 15.8 Å². The fourth-order valence-corrected chi connectivity index (χ4v) is 4.49. The van der Waals surface area contributed by atoms with Crippen molar-refractivity contribution >= 4 is 63.3 Å². The number of hydrogen-bond acceptors (Lipinski definition) is 4.